The van der Waals surface area contributed by atoms with Crippen molar-refractivity contribution in [1.82, 2.24) is 0 Å². The summed E-state index contributed by atoms with van der Waals surface area (Å²) < 4.78 is 38.8. The van der Waals surface area contributed by atoms with E-state index < -0.39 is 0 Å². The van der Waals surface area contributed by atoms with Crippen molar-refractivity contribution in [3.8, 4) is 34.5 Å². The third-order valence-electron chi connectivity index (χ3n) is 5.94. The van der Waals surface area contributed by atoms with E-state index >= 15 is 0 Å². The summed E-state index contributed by atoms with van der Waals surface area (Å²) in [4.78, 5) is 12.2. The van der Waals surface area contributed by atoms with E-state index in [1.54, 1.807) is 14.2 Å². The first kappa shape index (κ1) is 18.7. The van der Waals surface area contributed by atoms with Gasteiger partial charge < -0.3 is 33.2 Å². The van der Waals surface area contributed by atoms with Gasteiger partial charge in [-0.3, -0.25) is 4.79 Å². The zero-order valence-corrected chi connectivity index (χ0v) is 16.9. The van der Waals surface area contributed by atoms with Gasteiger partial charge in [0.2, 0.25) is 25.1 Å². The van der Waals surface area contributed by atoms with Crippen molar-refractivity contribution >= 4 is 5.97 Å². The van der Waals surface area contributed by atoms with Gasteiger partial charge >= 0.3 is 5.97 Å². The van der Waals surface area contributed by atoms with Crippen molar-refractivity contribution in [3.63, 3.8) is 0 Å². The maximum Gasteiger partial charge on any atom is 0.309 e. The molecule has 8 nitrogen and oxygen atoms in total. The second-order valence-electron chi connectivity index (χ2n) is 7.47. The van der Waals surface area contributed by atoms with Crippen LogP contribution in [0.2, 0.25) is 0 Å². The van der Waals surface area contributed by atoms with E-state index in [2.05, 4.69) is 0 Å². The zero-order chi connectivity index (χ0) is 20.8. The molecule has 0 radical (unpaired) electrons. The number of carbonyl (C=O) groups excluding carboxylic acids is 1. The molecule has 3 aliphatic heterocycles. The quantitative estimate of drug-likeness (QED) is 0.691. The van der Waals surface area contributed by atoms with Crippen molar-refractivity contribution in [2.24, 2.45) is 11.8 Å². The molecule has 8 heteroatoms. The Labute approximate surface area is 173 Å². The van der Waals surface area contributed by atoms with E-state index in [1.165, 1.54) is 0 Å². The minimum Gasteiger partial charge on any atom is -0.493 e. The average molecular weight is 414 g/mol. The molecule has 0 aromatic heterocycles. The molecule has 0 saturated carbocycles. The summed E-state index contributed by atoms with van der Waals surface area (Å²) in [6.07, 6.45) is 0. The van der Waals surface area contributed by atoms with E-state index in [4.69, 9.17) is 33.2 Å². The molecule has 0 N–H and O–H groups in total. The highest BCUT2D eigenvalue weighted by Crippen LogP contribution is 2.50. The summed E-state index contributed by atoms with van der Waals surface area (Å²) in [6, 6.07) is 7.71. The van der Waals surface area contributed by atoms with Crippen LogP contribution in [0.3, 0.4) is 0 Å². The summed E-state index contributed by atoms with van der Waals surface area (Å²) in [5, 5.41) is 0. The number of benzene rings is 2. The summed E-state index contributed by atoms with van der Waals surface area (Å²) in [7, 11) is 3.18. The Morgan fingerprint density at radius 2 is 1.37 bits per heavy atom. The van der Waals surface area contributed by atoms with Crippen LogP contribution in [0.25, 0.3) is 0 Å². The smallest absolute Gasteiger partial charge is 0.309 e. The zero-order valence-electron chi connectivity index (χ0n) is 16.9. The van der Waals surface area contributed by atoms with Crippen LogP contribution < -0.4 is 28.4 Å². The monoisotopic (exact) mass is 414 g/mol. The Morgan fingerprint density at radius 3 is 1.80 bits per heavy atom. The molecule has 30 heavy (non-hydrogen) atoms. The highest BCUT2D eigenvalue weighted by molar-refractivity contribution is 5.75. The number of methoxy groups -OCH3 is 2. The van der Waals surface area contributed by atoms with E-state index in [1.807, 2.05) is 31.2 Å². The molecule has 2 aromatic rings. The first-order valence-corrected chi connectivity index (χ1v) is 9.72. The van der Waals surface area contributed by atoms with Crippen LogP contribution in [-0.2, 0) is 9.53 Å². The van der Waals surface area contributed by atoms with Crippen molar-refractivity contribution in [3.05, 3.63) is 35.4 Å². The van der Waals surface area contributed by atoms with Crippen LogP contribution in [-0.4, -0.2) is 40.4 Å². The van der Waals surface area contributed by atoms with Crippen molar-refractivity contribution in [1.29, 1.82) is 0 Å². The number of fused-ring (bicyclic) bond motifs is 2. The molecule has 5 rings (SSSR count). The van der Waals surface area contributed by atoms with Gasteiger partial charge in [-0.2, -0.15) is 0 Å². The molecule has 0 unspecified atom stereocenters. The third-order valence-corrected chi connectivity index (χ3v) is 5.94. The summed E-state index contributed by atoms with van der Waals surface area (Å²) in [5.74, 6) is 2.77. The van der Waals surface area contributed by atoms with Crippen LogP contribution in [0.4, 0.5) is 0 Å². The average Bonchev–Trinajstić information content (AvgIpc) is 3.49. The van der Waals surface area contributed by atoms with Crippen molar-refractivity contribution < 1.29 is 38.0 Å². The fourth-order valence-electron chi connectivity index (χ4n) is 4.36. The molecular formula is C22H22O8. The molecule has 0 bridgehead atoms. The summed E-state index contributed by atoms with van der Waals surface area (Å²) >= 11 is 0. The Bertz CT molecular complexity index is 936. The lowest BCUT2D eigenvalue weighted by molar-refractivity contribution is -0.140. The Kier molecular flexibility index (Phi) is 4.49. The first-order valence-electron chi connectivity index (χ1n) is 9.72. The van der Waals surface area contributed by atoms with Gasteiger partial charge in [-0.1, -0.05) is 6.92 Å². The van der Waals surface area contributed by atoms with Crippen LogP contribution >= 0.6 is 0 Å². The predicted octanol–water partition coefficient (Wildman–Crippen LogP) is 3.10. The molecule has 0 aliphatic carbocycles. The minimum atomic E-state index is -0.275. The molecule has 1 fully saturated rings. The number of hydrogen-bond donors (Lipinski definition) is 0. The molecule has 158 valence electrons. The van der Waals surface area contributed by atoms with Crippen LogP contribution in [0.1, 0.15) is 24.0 Å². The fourth-order valence-corrected chi connectivity index (χ4v) is 4.36. The van der Waals surface area contributed by atoms with Gasteiger partial charge in [0.05, 0.1) is 26.7 Å². The molecule has 2 atom stereocenters. The second-order valence-corrected chi connectivity index (χ2v) is 7.47. The second kappa shape index (κ2) is 7.19. The molecule has 0 amide bonds. The SMILES string of the molecule is COc1cc(C(c2cc(OC)c3c(c2)OCO3)[C@@H]2COC(=O)[C@H]2C)cc2c1OCO2. The van der Waals surface area contributed by atoms with E-state index in [9.17, 15) is 4.79 Å². The van der Waals surface area contributed by atoms with Crippen molar-refractivity contribution in [2.45, 2.75) is 12.8 Å². The van der Waals surface area contributed by atoms with Gasteiger partial charge in [0.15, 0.2) is 23.0 Å². The van der Waals surface area contributed by atoms with E-state index in [0.29, 0.717) is 41.1 Å². The van der Waals surface area contributed by atoms with Gasteiger partial charge in [0, 0.05) is 11.8 Å². The van der Waals surface area contributed by atoms with Crippen LogP contribution in [0, 0.1) is 11.8 Å². The van der Waals surface area contributed by atoms with Gasteiger partial charge in [-0.25, -0.2) is 0 Å². The van der Waals surface area contributed by atoms with Crippen molar-refractivity contribution in [2.75, 3.05) is 34.4 Å². The fraction of sp³-hybridized carbons (Fsp3) is 0.409. The first-order chi connectivity index (χ1) is 14.6. The topological polar surface area (TPSA) is 81.7 Å². The summed E-state index contributed by atoms with van der Waals surface area (Å²) in [5.41, 5.74) is 1.85. The molecule has 1 saturated heterocycles. The van der Waals surface area contributed by atoms with Gasteiger partial charge in [0.1, 0.15) is 0 Å². The lowest BCUT2D eigenvalue weighted by Crippen LogP contribution is -2.21. The van der Waals surface area contributed by atoms with Gasteiger partial charge in [0.25, 0.3) is 0 Å². The molecule has 0 spiro atoms. The molecule has 2 aromatic carbocycles. The van der Waals surface area contributed by atoms with Gasteiger partial charge in [-0.15, -0.1) is 0 Å². The number of esters is 1. The highest BCUT2D eigenvalue weighted by atomic mass is 16.7. The Balaban J connectivity index is 1.67. The van der Waals surface area contributed by atoms with Crippen LogP contribution in [0.5, 0.6) is 34.5 Å². The molecule has 3 aliphatic rings. The number of ether oxygens (including phenoxy) is 7. The Hall–Kier alpha value is -3.29. The lowest BCUT2D eigenvalue weighted by Gasteiger charge is -2.26. The largest absolute Gasteiger partial charge is 0.493 e. The normalized spacial score (nSPS) is 21.1. The Morgan fingerprint density at radius 1 is 0.833 bits per heavy atom. The minimum absolute atomic E-state index is 0.0901. The number of rotatable bonds is 5. The third kappa shape index (κ3) is 2.86. The van der Waals surface area contributed by atoms with Crippen LogP contribution in [0.15, 0.2) is 24.3 Å². The number of cyclic esters (lactones) is 1. The van der Waals surface area contributed by atoms with E-state index in [-0.39, 0.29) is 37.3 Å². The predicted molar refractivity (Wildman–Crippen MR) is 104 cm³/mol. The maximum absolute atomic E-state index is 12.2. The highest BCUT2D eigenvalue weighted by Gasteiger charge is 2.41. The standard InChI is InChI=1S/C22H22O8/c1-11-14(8-26-22(11)23)19(12-4-15(24-2)20-17(6-12)27-9-29-20)13-5-16(25-3)21-18(7-13)28-10-30-21/h4-7,11,14,19H,8-10H2,1-3H3/t11-,14+/m0/s1. The lowest BCUT2D eigenvalue weighted by atomic mass is 9.76. The van der Waals surface area contributed by atoms with E-state index in [0.717, 1.165) is 11.1 Å². The molecule has 3 heterocycles. The number of hydrogen-bond acceptors (Lipinski definition) is 8. The number of carbonyl (C=O) groups is 1. The van der Waals surface area contributed by atoms with Gasteiger partial charge in [-0.05, 0) is 35.4 Å². The molecular weight excluding hydrogens is 392 g/mol. The summed E-state index contributed by atoms with van der Waals surface area (Å²) in [6.45, 7) is 2.48. The maximum atomic E-state index is 12.2.